The molecule has 0 radical (unpaired) electrons. The number of halogens is 1. The molecule has 0 aliphatic carbocycles. The fraction of sp³-hybridized carbons (Fsp3) is 0.357. The first-order chi connectivity index (χ1) is 9.01. The maximum atomic E-state index is 6.30. The van der Waals surface area contributed by atoms with Crippen molar-refractivity contribution in [3.8, 4) is 0 Å². The molecule has 0 saturated heterocycles. The largest absolute Gasteiger partial charge is 0.272 e. The highest BCUT2D eigenvalue weighted by molar-refractivity contribution is 6.31. The molecule has 1 atom stereocenters. The third kappa shape index (κ3) is 3.15. The number of hydrogen-bond donors (Lipinski definition) is 2. The number of rotatable bonds is 4. The Morgan fingerprint density at radius 1 is 1.37 bits per heavy atom. The summed E-state index contributed by atoms with van der Waals surface area (Å²) in [5.74, 6) is 5.68. The van der Waals surface area contributed by atoms with Gasteiger partial charge >= 0.3 is 0 Å². The summed E-state index contributed by atoms with van der Waals surface area (Å²) in [5.41, 5.74) is 7.11. The van der Waals surface area contributed by atoms with Gasteiger partial charge in [0, 0.05) is 24.2 Å². The molecule has 1 unspecified atom stereocenters. The smallest absolute Gasteiger partial charge is 0.0596 e. The molecule has 102 valence electrons. The third-order valence-electron chi connectivity index (χ3n) is 3.24. The topological polar surface area (TPSA) is 55.9 Å². The second-order valence-corrected chi connectivity index (χ2v) is 5.26. The van der Waals surface area contributed by atoms with Gasteiger partial charge in [-0.15, -0.1) is 0 Å². The first kappa shape index (κ1) is 14.1. The Balaban J connectivity index is 2.27. The van der Waals surface area contributed by atoms with Gasteiger partial charge in [0.2, 0.25) is 0 Å². The molecule has 0 aliphatic rings. The molecule has 0 spiro atoms. The number of hydrogen-bond acceptors (Lipinski definition) is 3. The summed E-state index contributed by atoms with van der Waals surface area (Å²) in [4.78, 5) is 0. The molecule has 1 aromatic carbocycles. The van der Waals surface area contributed by atoms with Crippen LogP contribution in [0.4, 0.5) is 0 Å². The summed E-state index contributed by atoms with van der Waals surface area (Å²) in [7, 11) is 1.94. The predicted molar refractivity (Wildman–Crippen MR) is 77.9 cm³/mol. The van der Waals surface area contributed by atoms with E-state index in [0.717, 1.165) is 34.0 Å². The van der Waals surface area contributed by atoms with Gasteiger partial charge in [0.15, 0.2) is 0 Å². The van der Waals surface area contributed by atoms with Crippen molar-refractivity contribution >= 4 is 11.6 Å². The Labute approximate surface area is 118 Å². The SMILES string of the molecule is Cc1ccc(C(Cc2cc(C)nn2C)NN)c(Cl)c1. The quantitative estimate of drug-likeness (QED) is 0.667. The van der Waals surface area contributed by atoms with Crippen LogP contribution in [-0.2, 0) is 13.5 Å². The number of benzene rings is 1. The molecule has 2 rings (SSSR count). The number of aryl methyl sites for hydroxylation is 3. The van der Waals surface area contributed by atoms with Gasteiger partial charge in [-0.25, -0.2) is 0 Å². The Kier molecular flexibility index (Phi) is 4.24. The number of nitrogens with zero attached hydrogens (tertiary/aromatic N) is 2. The lowest BCUT2D eigenvalue weighted by atomic mass is 10.0. The first-order valence-electron chi connectivity index (χ1n) is 6.23. The Morgan fingerprint density at radius 2 is 2.11 bits per heavy atom. The van der Waals surface area contributed by atoms with Crippen LogP contribution in [0.15, 0.2) is 24.3 Å². The summed E-state index contributed by atoms with van der Waals surface area (Å²) in [6, 6.07) is 8.05. The van der Waals surface area contributed by atoms with Crippen LogP contribution in [0.3, 0.4) is 0 Å². The van der Waals surface area contributed by atoms with Gasteiger partial charge in [-0.3, -0.25) is 16.0 Å². The van der Waals surface area contributed by atoms with E-state index in [1.807, 2.05) is 43.8 Å². The second-order valence-electron chi connectivity index (χ2n) is 4.85. The van der Waals surface area contributed by atoms with Crippen molar-refractivity contribution in [2.45, 2.75) is 26.3 Å². The Bertz CT molecular complexity index is 577. The van der Waals surface area contributed by atoms with Gasteiger partial charge < -0.3 is 0 Å². The van der Waals surface area contributed by atoms with Crippen LogP contribution in [-0.4, -0.2) is 9.78 Å². The summed E-state index contributed by atoms with van der Waals surface area (Å²) in [5, 5.41) is 5.08. The molecule has 0 fully saturated rings. The van der Waals surface area contributed by atoms with Crippen molar-refractivity contribution in [3.05, 3.63) is 51.8 Å². The lowest BCUT2D eigenvalue weighted by Gasteiger charge is -2.18. The molecule has 0 aliphatic heterocycles. The molecule has 19 heavy (non-hydrogen) atoms. The fourth-order valence-electron chi connectivity index (χ4n) is 2.24. The van der Waals surface area contributed by atoms with Crippen molar-refractivity contribution in [2.75, 3.05) is 0 Å². The van der Waals surface area contributed by atoms with Gasteiger partial charge in [-0.2, -0.15) is 5.10 Å². The van der Waals surface area contributed by atoms with E-state index in [1.165, 1.54) is 0 Å². The zero-order valence-corrected chi connectivity index (χ0v) is 12.2. The molecule has 4 nitrogen and oxygen atoms in total. The standard InChI is InChI=1S/C14H19ClN4/c1-9-4-5-12(13(15)6-9)14(17-16)8-11-7-10(2)18-19(11)3/h4-7,14,17H,8,16H2,1-3H3. The molecule has 5 heteroatoms. The minimum Gasteiger partial charge on any atom is -0.272 e. The van der Waals surface area contributed by atoms with Crippen LogP contribution < -0.4 is 11.3 Å². The van der Waals surface area contributed by atoms with E-state index in [0.29, 0.717) is 0 Å². The van der Waals surface area contributed by atoms with Crippen LogP contribution in [0.1, 0.15) is 28.6 Å². The van der Waals surface area contributed by atoms with Gasteiger partial charge in [0.25, 0.3) is 0 Å². The summed E-state index contributed by atoms with van der Waals surface area (Å²) in [6.45, 7) is 4.00. The van der Waals surface area contributed by atoms with Gasteiger partial charge in [0.1, 0.15) is 0 Å². The normalized spacial score (nSPS) is 12.7. The first-order valence-corrected chi connectivity index (χ1v) is 6.60. The highest BCUT2D eigenvalue weighted by Gasteiger charge is 2.16. The Hall–Kier alpha value is -1.36. The molecule has 0 saturated carbocycles. The number of nitrogens with one attached hydrogen (secondary N) is 1. The van der Waals surface area contributed by atoms with E-state index in [4.69, 9.17) is 17.4 Å². The third-order valence-corrected chi connectivity index (χ3v) is 3.57. The predicted octanol–water partition coefficient (Wildman–Crippen LogP) is 2.44. The van der Waals surface area contributed by atoms with Crippen LogP contribution >= 0.6 is 11.6 Å². The maximum absolute atomic E-state index is 6.30. The van der Waals surface area contributed by atoms with Crippen LogP contribution in [0.25, 0.3) is 0 Å². The van der Waals surface area contributed by atoms with Crippen LogP contribution in [0.5, 0.6) is 0 Å². The van der Waals surface area contributed by atoms with Crippen molar-refractivity contribution in [2.24, 2.45) is 12.9 Å². The van der Waals surface area contributed by atoms with E-state index < -0.39 is 0 Å². The Morgan fingerprint density at radius 3 is 2.63 bits per heavy atom. The molecular formula is C14H19ClN4. The van der Waals surface area contributed by atoms with E-state index in [-0.39, 0.29) is 6.04 Å². The number of hydrazine groups is 1. The maximum Gasteiger partial charge on any atom is 0.0596 e. The fourth-order valence-corrected chi connectivity index (χ4v) is 2.60. The number of nitrogens with two attached hydrogens (primary N) is 1. The minimum absolute atomic E-state index is 0.0251. The molecular weight excluding hydrogens is 260 g/mol. The van der Waals surface area contributed by atoms with Crippen molar-refractivity contribution in [1.29, 1.82) is 0 Å². The van der Waals surface area contributed by atoms with Crippen molar-refractivity contribution < 1.29 is 0 Å². The zero-order chi connectivity index (χ0) is 14.0. The molecule has 1 aromatic heterocycles. The van der Waals surface area contributed by atoms with E-state index >= 15 is 0 Å². The highest BCUT2D eigenvalue weighted by Crippen LogP contribution is 2.26. The average Bonchev–Trinajstić information content (AvgIpc) is 2.65. The van der Waals surface area contributed by atoms with Crippen molar-refractivity contribution in [1.82, 2.24) is 15.2 Å². The molecule has 1 heterocycles. The summed E-state index contributed by atoms with van der Waals surface area (Å²) >= 11 is 6.30. The van der Waals surface area contributed by atoms with Gasteiger partial charge in [0.05, 0.1) is 11.7 Å². The second kappa shape index (κ2) is 5.74. The zero-order valence-electron chi connectivity index (χ0n) is 11.4. The molecule has 0 amide bonds. The molecule has 2 aromatic rings. The van der Waals surface area contributed by atoms with Crippen LogP contribution in [0.2, 0.25) is 5.02 Å². The lowest BCUT2D eigenvalue weighted by Crippen LogP contribution is -2.30. The van der Waals surface area contributed by atoms with E-state index in [2.05, 4.69) is 16.6 Å². The van der Waals surface area contributed by atoms with Gasteiger partial charge in [-0.1, -0.05) is 23.7 Å². The minimum atomic E-state index is -0.0251. The number of aromatic nitrogens is 2. The molecule has 0 bridgehead atoms. The van der Waals surface area contributed by atoms with Crippen LogP contribution in [0, 0.1) is 13.8 Å². The average molecular weight is 279 g/mol. The molecule has 3 N–H and O–H groups in total. The van der Waals surface area contributed by atoms with E-state index in [1.54, 1.807) is 0 Å². The van der Waals surface area contributed by atoms with Crippen molar-refractivity contribution in [3.63, 3.8) is 0 Å². The monoisotopic (exact) mass is 278 g/mol. The van der Waals surface area contributed by atoms with E-state index in [9.17, 15) is 0 Å². The van der Waals surface area contributed by atoms with Gasteiger partial charge in [-0.05, 0) is 37.1 Å². The lowest BCUT2D eigenvalue weighted by molar-refractivity contribution is 0.530. The summed E-state index contributed by atoms with van der Waals surface area (Å²) in [6.07, 6.45) is 0.747. The highest BCUT2D eigenvalue weighted by atomic mass is 35.5. The summed E-state index contributed by atoms with van der Waals surface area (Å²) < 4.78 is 1.88.